The van der Waals surface area contributed by atoms with Gasteiger partial charge in [-0.1, -0.05) is 13.3 Å². The van der Waals surface area contributed by atoms with E-state index in [2.05, 4.69) is 11.7 Å². The van der Waals surface area contributed by atoms with Crippen molar-refractivity contribution in [2.24, 2.45) is 0 Å². The number of unbranched alkanes of at least 4 members (excludes halogenated alkanes) is 1. The predicted molar refractivity (Wildman–Crippen MR) is 62.6 cm³/mol. The first-order valence-electron chi connectivity index (χ1n) is 5.29. The molecule has 0 heterocycles. The molecule has 0 aliphatic carbocycles. The maximum absolute atomic E-state index is 11.4. The molecule has 0 aromatic heterocycles. The number of nitrogens with two attached hydrogens (primary N) is 1. The van der Waals surface area contributed by atoms with Crippen LogP contribution in [0, 0.1) is 0 Å². The zero-order valence-electron chi connectivity index (χ0n) is 9.66. The summed E-state index contributed by atoms with van der Waals surface area (Å²) in [4.78, 5) is 11.4. The third kappa shape index (κ3) is 3.15. The molecule has 88 valence electrons. The summed E-state index contributed by atoms with van der Waals surface area (Å²) in [7, 11) is 1.34. The van der Waals surface area contributed by atoms with Gasteiger partial charge in [0.2, 0.25) is 0 Å². The highest BCUT2D eigenvalue weighted by Crippen LogP contribution is 2.22. The molecule has 0 fully saturated rings. The van der Waals surface area contributed by atoms with Gasteiger partial charge >= 0.3 is 5.97 Å². The van der Waals surface area contributed by atoms with Gasteiger partial charge in [0, 0.05) is 11.8 Å². The Hall–Kier alpha value is -1.71. The van der Waals surface area contributed by atoms with E-state index in [0.29, 0.717) is 23.6 Å². The highest BCUT2D eigenvalue weighted by Gasteiger charge is 2.12. The third-order valence-electron chi connectivity index (χ3n) is 2.17. The van der Waals surface area contributed by atoms with Crippen molar-refractivity contribution in [1.29, 1.82) is 0 Å². The number of hydrogen-bond acceptors (Lipinski definition) is 4. The number of methoxy groups -OCH3 is 1. The number of nitrogen functional groups attached to an aromatic ring is 1. The monoisotopic (exact) mass is 223 g/mol. The molecule has 4 nitrogen and oxygen atoms in total. The van der Waals surface area contributed by atoms with E-state index in [1.807, 2.05) is 0 Å². The van der Waals surface area contributed by atoms with Crippen LogP contribution in [-0.2, 0) is 4.74 Å². The van der Waals surface area contributed by atoms with Crippen molar-refractivity contribution in [3.05, 3.63) is 23.8 Å². The van der Waals surface area contributed by atoms with E-state index < -0.39 is 5.97 Å². The van der Waals surface area contributed by atoms with Crippen LogP contribution in [0.1, 0.15) is 30.1 Å². The lowest BCUT2D eigenvalue weighted by atomic mass is 10.2. The summed E-state index contributed by atoms with van der Waals surface area (Å²) < 4.78 is 10.2. The molecule has 0 aliphatic rings. The topological polar surface area (TPSA) is 61.5 Å². The third-order valence-corrected chi connectivity index (χ3v) is 2.17. The molecule has 0 spiro atoms. The summed E-state index contributed by atoms with van der Waals surface area (Å²) in [5, 5.41) is 0. The standard InChI is InChI=1S/C12H17NO3/c1-3-4-7-16-11-8-9(13)5-6-10(11)12(14)15-2/h5-6,8H,3-4,7,13H2,1-2H3. The van der Waals surface area contributed by atoms with Crippen molar-refractivity contribution in [2.75, 3.05) is 19.5 Å². The van der Waals surface area contributed by atoms with Crippen LogP contribution in [0.4, 0.5) is 5.69 Å². The molecule has 16 heavy (non-hydrogen) atoms. The lowest BCUT2D eigenvalue weighted by Crippen LogP contribution is -2.07. The van der Waals surface area contributed by atoms with Crippen LogP contribution in [0.15, 0.2) is 18.2 Å². The van der Waals surface area contributed by atoms with Gasteiger partial charge in [0.05, 0.1) is 13.7 Å². The number of esters is 1. The van der Waals surface area contributed by atoms with Crippen LogP contribution in [0.25, 0.3) is 0 Å². The lowest BCUT2D eigenvalue weighted by Gasteiger charge is -2.10. The highest BCUT2D eigenvalue weighted by atomic mass is 16.5. The molecule has 1 rings (SSSR count). The van der Waals surface area contributed by atoms with Crippen LogP contribution < -0.4 is 10.5 Å². The van der Waals surface area contributed by atoms with E-state index in [1.54, 1.807) is 18.2 Å². The summed E-state index contributed by atoms with van der Waals surface area (Å²) in [5.74, 6) is 0.0757. The Kier molecular flexibility index (Phi) is 4.64. The molecule has 4 heteroatoms. The molecule has 0 bridgehead atoms. The average molecular weight is 223 g/mol. The molecule has 0 saturated heterocycles. The van der Waals surface area contributed by atoms with Crippen molar-refractivity contribution < 1.29 is 14.3 Å². The van der Waals surface area contributed by atoms with Gasteiger partial charge in [-0.3, -0.25) is 0 Å². The minimum Gasteiger partial charge on any atom is -0.493 e. The Labute approximate surface area is 95.3 Å². The van der Waals surface area contributed by atoms with E-state index in [9.17, 15) is 4.79 Å². The molecule has 0 saturated carbocycles. The van der Waals surface area contributed by atoms with Gasteiger partial charge in [-0.25, -0.2) is 4.79 Å². The quantitative estimate of drug-likeness (QED) is 0.472. The van der Waals surface area contributed by atoms with Gasteiger partial charge in [0.15, 0.2) is 0 Å². The zero-order chi connectivity index (χ0) is 12.0. The summed E-state index contributed by atoms with van der Waals surface area (Å²) in [6.45, 7) is 2.65. The summed E-state index contributed by atoms with van der Waals surface area (Å²) >= 11 is 0. The first-order chi connectivity index (χ1) is 7.69. The Balaban J connectivity index is 2.85. The molecule has 0 aliphatic heterocycles. The lowest BCUT2D eigenvalue weighted by molar-refractivity contribution is 0.0596. The second kappa shape index (κ2) is 6.00. The van der Waals surface area contributed by atoms with E-state index in [0.717, 1.165) is 12.8 Å². The molecule has 0 radical (unpaired) electrons. The normalized spacial score (nSPS) is 9.88. The van der Waals surface area contributed by atoms with Crippen LogP contribution >= 0.6 is 0 Å². The largest absolute Gasteiger partial charge is 0.493 e. The second-order valence-corrected chi connectivity index (χ2v) is 3.45. The maximum atomic E-state index is 11.4. The Morgan fingerprint density at radius 1 is 1.44 bits per heavy atom. The fourth-order valence-corrected chi connectivity index (χ4v) is 1.26. The number of benzene rings is 1. The SMILES string of the molecule is CCCCOc1cc(N)ccc1C(=O)OC. The van der Waals surface area contributed by atoms with E-state index in [1.165, 1.54) is 7.11 Å². The fourth-order valence-electron chi connectivity index (χ4n) is 1.26. The predicted octanol–water partition coefficient (Wildman–Crippen LogP) is 2.23. The molecular formula is C12H17NO3. The Morgan fingerprint density at radius 3 is 2.81 bits per heavy atom. The number of carbonyl (C=O) groups is 1. The first kappa shape index (κ1) is 12.4. The number of hydrogen-bond donors (Lipinski definition) is 1. The fraction of sp³-hybridized carbons (Fsp3) is 0.417. The first-order valence-corrected chi connectivity index (χ1v) is 5.29. The number of anilines is 1. The average Bonchev–Trinajstić information content (AvgIpc) is 2.29. The summed E-state index contributed by atoms with van der Waals surface area (Å²) in [6.07, 6.45) is 1.98. The van der Waals surface area contributed by atoms with Crippen molar-refractivity contribution in [1.82, 2.24) is 0 Å². The van der Waals surface area contributed by atoms with E-state index in [-0.39, 0.29) is 0 Å². The van der Waals surface area contributed by atoms with Gasteiger partial charge < -0.3 is 15.2 Å². The molecule has 0 atom stereocenters. The second-order valence-electron chi connectivity index (χ2n) is 3.45. The molecular weight excluding hydrogens is 206 g/mol. The smallest absolute Gasteiger partial charge is 0.341 e. The van der Waals surface area contributed by atoms with Gasteiger partial charge in [0.1, 0.15) is 11.3 Å². The molecule has 1 aromatic rings. The van der Waals surface area contributed by atoms with E-state index in [4.69, 9.17) is 10.5 Å². The number of ether oxygens (including phenoxy) is 2. The molecule has 1 aromatic carbocycles. The number of rotatable bonds is 5. The van der Waals surface area contributed by atoms with Crippen molar-refractivity contribution in [3.8, 4) is 5.75 Å². The van der Waals surface area contributed by atoms with Crippen molar-refractivity contribution >= 4 is 11.7 Å². The summed E-state index contributed by atoms with van der Waals surface area (Å²) in [6, 6.07) is 4.91. The minimum absolute atomic E-state index is 0.410. The highest BCUT2D eigenvalue weighted by molar-refractivity contribution is 5.93. The van der Waals surface area contributed by atoms with Gasteiger partial charge in [-0.2, -0.15) is 0 Å². The van der Waals surface area contributed by atoms with E-state index >= 15 is 0 Å². The maximum Gasteiger partial charge on any atom is 0.341 e. The van der Waals surface area contributed by atoms with Gasteiger partial charge in [-0.15, -0.1) is 0 Å². The van der Waals surface area contributed by atoms with Crippen molar-refractivity contribution in [2.45, 2.75) is 19.8 Å². The molecule has 0 unspecified atom stereocenters. The van der Waals surface area contributed by atoms with Gasteiger partial charge in [-0.05, 0) is 18.6 Å². The zero-order valence-corrected chi connectivity index (χ0v) is 9.66. The molecule has 0 amide bonds. The van der Waals surface area contributed by atoms with Crippen LogP contribution in [0.2, 0.25) is 0 Å². The minimum atomic E-state index is -0.411. The van der Waals surface area contributed by atoms with Crippen LogP contribution in [0.3, 0.4) is 0 Å². The number of carbonyl (C=O) groups excluding carboxylic acids is 1. The van der Waals surface area contributed by atoms with Crippen LogP contribution in [-0.4, -0.2) is 19.7 Å². The Bertz CT molecular complexity index is 363. The van der Waals surface area contributed by atoms with Gasteiger partial charge in [0.25, 0.3) is 0 Å². The molecule has 2 N–H and O–H groups in total. The summed E-state index contributed by atoms with van der Waals surface area (Å²) in [5.41, 5.74) is 6.62. The Morgan fingerprint density at radius 2 is 2.19 bits per heavy atom. The van der Waals surface area contributed by atoms with Crippen molar-refractivity contribution in [3.63, 3.8) is 0 Å². The van der Waals surface area contributed by atoms with Crippen LogP contribution in [0.5, 0.6) is 5.75 Å².